The minimum Gasteiger partial charge on any atom is -0.489 e. The zero-order valence-electron chi connectivity index (χ0n) is 5.10. The van der Waals surface area contributed by atoms with Gasteiger partial charge < -0.3 is 4.74 Å². The van der Waals surface area contributed by atoms with Crippen LogP contribution < -0.4 is 4.74 Å². The maximum atomic E-state index is 12.4. The molecule has 0 bridgehead atoms. The fourth-order valence-electron chi connectivity index (χ4n) is 0.592. The van der Waals surface area contributed by atoms with Crippen molar-refractivity contribution < 1.29 is 9.13 Å². The molecule has 0 fully saturated rings. The second kappa shape index (κ2) is 3.01. The van der Waals surface area contributed by atoms with Gasteiger partial charge in [0.15, 0.2) is 0 Å². The first-order chi connectivity index (χ1) is 4.74. The van der Waals surface area contributed by atoms with Crippen LogP contribution >= 0.6 is 15.9 Å². The highest BCUT2D eigenvalue weighted by Gasteiger charge is 1.98. The van der Waals surface area contributed by atoms with Crippen molar-refractivity contribution in [2.45, 2.75) is 0 Å². The molecule has 10 heavy (non-hydrogen) atoms. The predicted octanol–water partition coefficient (Wildman–Crippen LogP) is 2.76. The highest BCUT2D eigenvalue weighted by molar-refractivity contribution is 9.10. The molecule has 3 heteroatoms. The molecule has 0 aliphatic heterocycles. The van der Waals surface area contributed by atoms with E-state index in [0.29, 0.717) is 10.2 Å². The second-order valence-corrected chi connectivity index (χ2v) is 2.57. The number of benzene rings is 1. The van der Waals surface area contributed by atoms with Gasteiger partial charge in [-0.25, -0.2) is 4.39 Å². The summed E-state index contributed by atoms with van der Waals surface area (Å²) in [6.45, 7) is 0. The third-order valence-corrected chi connectivity index (χ3v) is 1.67. The lowest BCUT2D eigenvalue weighted by atomic mass is 10.3. The Morgan fingerprint density at radius 1 is 1.50 bits per heavy atom. The van der Waals surface area contributed by atoms with Crippen molar-refractivity contribution in [3.8, 4) is 5.75 Å². The molecule has 0 saturated carbocycles. The summed E-state index contributed by atoms with van der Waals surface area (Å²) in [6.07, 6.45) is 0. The van der Waals surface area contributed by atoms with Gasteiger partial charge in [-0.2, -0.15) is 0 Å². The van der Waals surface area contributed by atoms with Gasteiger partial charge in [0.1, 0.15) is 18.7 Å². The van der Waals surface area contributed by atoms with Crippen LogP contribution in [0.2, 0.25) is 0 Å². The van der Waals surface area contributed by atoms with Crippen LogP contribution in [0, 0.1) is 12.9 Å². The Labute approximate surface area is 66.9 Å². The molecule has 0 aliphatic carbocycles. The summed E-state index contributed by atoms with van der Waals surface area (Å²) in [5, 5.41) is 0. The lowest BCUT2D eigenvalue weighted by Gasteiger charge is -2.00. The zero-order chi connectivity index (χ0) is 7.56. The summed E-state index contributed by atoms with van der Waals surface area (Å²) < 4.78 is 17.6. The van der Waals surface area contributed by atoms with Gasteiger partial charge in [-0.1, -0.05) is 0 Å². The van der Waals surface area contributed by atoms with Crippen molar-refractivity contribution in [2.24, 2.45) is 0 Å². The molecule has 1 radical (unpaired) electrons. The van der Waals surface area contributed by atoms with E-state index < -0.39 is 0 Å². The van der Waals surface area contributed by atoms with Crippen LogP contribution in [0.25, 0.3) is 0 Å². The van der Waals surface area contributed by atoms with Gasteiger partial charge in [-0.15, -0.1) is 0 Å². The molecular weight excluding hydrogens is 199 g/mol. The van der Waals surface area contributed by atoms with E-state index in [4.69, 9.17) is 0 Å². The number of ether oxygens (including phenoxy) is 1. The smallest absolute Gasteiger partial charge is 0.133 e. The van der Waals surface area contributed by atoms with Crippen LogP contribution in [0.3, 0.4) is 0 Å². The first-order valence-corrected chi connectivity index (χ1v) is 3.40. The van der Waals surface area contributed by atoms with Gasteiger partial charge in [0.05, 0.1) is 4.47 Å². The molecule has 1 aromatic rings. The highest BCUT2D eigenvalue weighted by Crippen LogP contribution is 2.24. The number of rotatable bonds is 1. The summed E-state index contributed by atoms with van der Waals surface area (Å²) in [5.74, 6) is 0.231. The molecule has 1 rings (SSSR count). The van der Waals surface area contributed by atoms with Gasteiger partial charge in [0.25, 0.3) is 0 Å². The van der Waals surface area contributed by atoms with Crippen LogP contribution in [0.5, 0.6) is 5.75 Å². The number of hydrogen-bond acceptors (Lipinski definition) is 1. The zero-order valence-corrected chi connectivity index (χ0v) is 6.69. The molecule has 53 valence electrons. The van der Waals surface area contributed by atoms with Crippen molar-refractivity contribution >= 4 is 15.9 Å². The molecule has 0 atom stereocenters. The highest BCUT2D eigenvalue weighted by atomic mass is 79.9. The minimum absolute atomic E-state index is 0.298. The molecule has 0 amide bonds. The maximum Gasteiger partial charge on any atom is 0.133 e. The first kappa shape index (κ1) is 7.54. The minimum atomic E-state index is -0.298. The van der Waals surface area contributed by atoms with E-state index in [-0.39, 0.29) is 5.82 Å². The molecule has 0 spiro atoms. The Kier molecular flexibility index (Phi) is 2.27. The van der Waals surface area contributed by atoms with E-state index in [1.54, 1.807) is 0 Å². The summed E-state index contributed by atoms with van der Waals surface area (Å²) in [7, 11) is 3.19. The third-order valence-electron chi connectivity index (χ3n) is 1.05. The number of hydrogen-bond donors (Lipinski definition) is 0. The largest absolute Gasteiger partial charge is 0.489 e. The summed E-state index contributed by atoms with van der Waals surface area (Å²) in [6, 6.07) is 4.14. The van der Waals surface area contributed by atoms with Crippen LogP contribution in [-0.4, -0.2) is 0 Å². The average Bonchev–Trinajstić information content (AvgIpc) is 1.88. The van der Waals surface area contributed by atoms with Gasteiger partial charge in [0.2, 0.25) is 0 Å². The summed E-state index contributed by atoms with van der Waals surface area (Å²) >= 11 is 3.10. The van der Waals surface area contributed by atoms with E-state index >= 15 is 0 Å². The molecule has 0 saturated heterocycles. The fraction of sp³-hybridized carbons (Fsp3) is 0. The predicted molar refractivity (Wildman–Crippen MR) is 40.1 cm³/mol. The van der Waals surface area contributed by atoms with Crippen molar-refractivity contribution in [3.05, 3.63) is 35.6 Å². The van der Waals surface area contributed by atoms with E-state index in [1.807, 2.05) is 0 Å². The lowest BCUT2D eigenvalue weighted by molar-refractivity contribution is 0.468. The van der Waals surface area contributed by atoms with Gasteiger partial charge in [0, 0.05) is 0 Å². The first-order valence-electron chi connectivity index (χ1n) is 2.61. The molecule has 1 aromatic carbocycles. The molecule has 0 heterocycles. The Balaban J connectivity index is 3.07. The van der Waals surface area contributed by atoms with E-state index in [1.165, 1.54) is 18.2 Å². The monoisotopic (exact) mass is 203 g/mol. The van der Waals surface area contributed by atoms with Crippen LogP contribution in [0.1, 0.15) is 0 Å². The van der Waals surface area contributed by atoms with E-state index in [9.17, 15) is 4.39 Å². The summed E-state index contributed by atoms with van der Waals surface area (Å²) in [5.41, 5.74) is 0. The van der Waals surface area contributed by atoms with Crippen molar-refractivity contribution in [1.29, 1.82) is 0 Å². The lowest BCUT2D eigenvalue weighted by Crippen LogP contribution is -1.81. The Morgan fingerprint density at radius 3 is 2.70 bits per heavy atom. The number of halogens is 2. The maximum absolute atomic E-state index is 12.4. The van der Waals surface area contributed by atoms with Crippen molar-refractivity contribution in [3.63, 3.8) is 0 Å². The van der Waals surface area contributed by atoms with Crippen molar-refractivity contribution in [2.75, 3.05) is 0 Å². The van der Waals surface area contributed by atoms with E-state index in [2.05, 4.69) is 27.8 Å². The second-order valence-electron chi connectivity index (χ2n) is 1.72. The van der Waals surface area contributed by atoms with Crippen molar-refractivity contribution in [1.82, 2.24) is 0 Å². The quantitative estimate of drug-likeness (QED) is 0.683. The Bertz CT molecular complexity index is 237. The van der Waals surface area contributed by atoms with E-state index in [0.717, 1.165) is 0 Å². The van der Waals surface area contributed by atoms with Crippen LogP contribution in [0.4, 0.5) is 4.39 Å². The van der Waals surface area contributed by atoms with Gasteiger partial charge in [-0.05, 0) is 34.1 Å². The molecule has 1 nitrogen and oxygen atoms in total. The Hall–Kier alpha value is -0.570. The molecular formula is C7H5BrFO. The topological polar surface area (TPSA) is 9.23 Å². The molecule has 0 aliphatic rings. The molecule has 0 unspecified atom stereocenters. The Morgan fingerprint density at radius 2 is 2.20 bits per heavy atom. The van der Waals surface area contributed by atoms with Gasteiger partial charge >= 0.3 is 0 Å². The summed E-state index contributed by atoms with van der Waals surface area (Å²) in [4.78, 5) is 0. The average molecular weight is 204 g/mol. The molecule has 0 N–H and O–H groups in total. The third kappa shape index (κ3) is 1.48. The standard InChI is InChI=1S/C7H5BrFO/c1-10-7-3-2-5(9)4-6(7)8/h2-4H,1H2. The van der Waals surface area contributed by atoms with Gasteiger partial charge in [-0.3, -0.25) is 0 Å². The van der Waals surface area contributed by atoms with Crippen LogP contribution in [-0.2, 0) is 0 Å². The SMILES string of the molecule is [CH2]Oc1ccc(F)cc1Br. The normalized spacial score (nSPS) is 9.50. The van der Waals surface area contributed by atoms with Crippen LogP contribution in [0.15, 0.2) is 22.7 Å². The fourth-order valence-corrected chi connectivity index (χ4v) is 1.06. The molecule has 0 aromatic heterocycles.